The molecule has 5 nitrogen and oxygen atoms in total. The third-order valence-corrected chi connectivity index (χ3v) is 2.77. The van der Waals surface area contributed by atoms with E-state index in [0.717, 1.165) is 12.4 Å². The van der Waals surface area contributed by atoms with Crippen molar-refractivity contribution in [3.8, 4) is 0 Å². The number of nitrogens with zero attached hydrogens (tertiary/aromatic N) is 2. The molecule has 21 heavy (non-hydrogen) atoms. The average molecular weight is 298 g/mol. The van der Waals surface area contributed by atoms with Crippen molar-refractivity contribution in [1.82, 2.24) is 15.4 Å². The minimum Gasteiger partial charge on any atom is -0.396 e. The number of hydrazine groups is 1. The van der Waals surface area contributed by atoms with Crippen LogP contribution in [-0.2, 0) is 0 Å². The Morgan fingerprint density at radius 1 is 1.38 bits per heavy atom. The number of nitrogen functional groups attached to an aromatic ring is 1. The molecule has 0 aliphatic rings. The molecule has 0 atom stereocenters. The number of pyridine rings is 1. The van der Waals surface area contributed by atoms with Crippen LogP contribution in [0.3, 0.4) is 0 Å². The molecule has 1 heterocycles. The van der Waals surface area contributed by atoms with Crippen molar-refractivity contribution in [1.29, 1.82) is 0 Å². The summed E-state index contributed by atoms with van der Waals surface area (Å²) in [5.41, 5.74) is 8.63. The minimum atomic E-state index is -4.40. The van der Waals surface area contributed by atoms with E-state index in [1.165, 1.54) is 12.3 Å². The normalized spacial score (nSPS) is 11.9. The second kappa shape index (κ2) is 5.57. The fraction of sp³-hybridized carbons (Fsp3) is 0.231. The van der Waals surface area contributed by atoms with Crippen LogP contribution >= 0.6 is 0 Å². The molecule has 2 aromatic rings. The number of aromatic nitrogens is 1. The van der Waals surface area contributed by atoms with Gasteiger partial charge in [-0.1, -0.05) is 12.1 Å². The van der Waals surface area contributed by atoms with Gasteiger partial charge in [0.1, 0.15) is 6.54 Å². The van der Waals surface area contributed by atoms with E-state index in [1.54, 1.807) is 18.2 Å². The van der Waals surface area contributed by atoms with Gasteiger partial charge < -0.3 is 5.73 Å². The maximum absolute atomic E-state index is 12.2. The highest BCUT2D eigenvalue weighted by atomic mass is 19.4. The van der Waals surface area contributed by atoms with Crippen molar-refractivity contribution >= 4 is 22.5 Å². The lowest BCUT2D eigenvalue weighted by Crippen LogP contribution is -2.44. The first-order chi connectivity index (χ1) is 9.78. The number of benzene rings is 1. The highest BCUT2D eigenvalue weighted by Gasteiger charge is 2.30. The molecule has 0 fully saturated rings. The Hall–Kier alpha value is -2.35. The molecule has 0 bridgehead atoms. The van der Waals surface area contributed by atoms with Gasteiger partial charge in [-0.25, -0.2) is 5.01 Å². The van der Waals surface area contributed by atoms with Crippen LogP contribution in [-0.4, -0.2) is 35.7 Å². The van der Waals surface area contributed by atoms with E-state index < -0.39 is 18.6 Å². The number of hydrogen-bond donors (Lipinski definition) is 2. The number of amides is 1. The zero-order valence-electron chi connectivity index (χ0n) is 11.1. The first-order valence-corrected chi connectivity index (χ1v) is 6.00. The minimum absolute atomic E-state index is 0.0789. The third kappa shape index (κ3) is 3.60. The Kier molecular flexibility index (Phi) is 3.99. The van der Waals surface area contributed by atoms with Gasteiger partial charge in [-0.2, -0.15) is 13.2 Å². The summed E-state index contributed by atoms with van der Waals surface area (Å²) >= 11 is 0. The lowest BCUT2D eigenvalue weighted by molar-refractivity contribution is -0.147. The molecule has 0 spiro atoms. The van der Waals surface area contributed by atoms with E-state index in [9.17, 15) is 18.0 Å². The van der Waals surface area contributed by atoms with Gasteiger partial charge in [-0.15, -0.1) is 0 Å². The molecule has 8 heteroatoms. The molecule has 0 saturated heterocycles. The Balaban J connectivity index is 2.22. The average Bonchev–Trinajstić information content (AvgIpc) is 2.36. The molecule has 1 amide bonds. The van der Waals surface area contributed by atoms with Gasteiger partial charge in [0.15, 0.2) is 0 Å². The first kappa shape index (κ1) is 15.0. The fourth-order valence-corrected chi connectivity index (χ4v) is 1.91. The topological polar surface area (TPSA) is 71.2 Å². The number of carbonyl (C=O) groups excluding carboxylic acids is 1. The van der Waals surface area contributed by atoms with Crippen LogP contribution < -0.4 is 11.2 Å². The molecular weight excluding hydrogens is 285 g/mol. The maximum atomic E-state index is 12.2. The maximum Gasteiger partial charge on any atom is 0.403 e. The molecule has 0 aliphatic heterocycles. The predicted molar refractivity (Wildman–Crippen MR) is 72.3 cm³/mol. The summed E-state index contributed by atoms with van der Waals surface area (Å²) < 4.78 is 36.7. The molecule has 1 aromatic carbocycles. The molecule has 2 rings (SSSR count). The summed E-state index contributed by atoms with van der Waals surface area (Å²) in [5, 5.41) is 1.40. The van der Waals surface area contributed by atoms with Crippen molar-refractivity contribution in [3.63, 3.8) is 0 Å². The predicted octanol–water partition coefficient (Wildman–Crippen LogP) is 1.96. The van der Waals surface area contributed by atoms with E-state index in [4.69, 9.17) is 5.73 Å². The van der Waals surface area contributed by atoms with Gasteiger partial charge in [0.2, 0.25) is 0 Å². The number of nitrogens with two attached hydrogens (primary N) is 1. The molecule has 0 unspecified atom stereocenters. The molecule has 0 saturated carbocycles. The monoisotopic (exact) mass is 298 g/mol. The largest absolute Gasteiger partial charge is 0.403 e. The molecule has 112 valence electrons. The van der Waals surface area contributed by atoms with E-state index in [0.29, 0.717) is 10.5 Å². The smallest absolute Gasteiger partial charge is 0.396 e. The van der Waals surface area contributed by atoms with Crippen LogP contribution in [0.5, 0.6) is 0 Å². The first-order valence-electron chi connectivity index (χ1n) is 6.00. The van der Waals surface area contributed by atoms with Crippen molar-refractivity contribution in [2.45, 2.75) is 6.18 Å². The van der Waals surface area contributed by atoms with Gasteiger partial charge in [0.05, 0.1) is 16.8 Å². The zero-order chi connectivity index (χ0) is 15.6. The summed E-state index contributed by atoms with van der Waals surface area (Å²) in [7, 11) is 1.13. The number of halogens is 3. The second-order valence-electron chi connectivity index (χ2n) is 4.51. The van der Waals surface area contributed by atoms with Crippen LogP contribution in [0.25, 0.3) is 10.9 Å². The highest BCUT2D eigenvalue weighted by Crippen LogP contribution is 2.22. The summed E-state index contributed by atoms with van der Waals surface area (Å²) in [5.74, 6) is -0.716. The number of hydrogen-bond acceptors (Lipinski definition) is 4. The van der Waals surface area contributed by atoms with E-state index >= 15 is 0 Å². The fourth-order valence-electron chi connectivity index (χ4n) is 1.91. The summed E-state index contributed by atoms with van der Waals surface area (Å²) in [6.45, 7) is -1.26. The lowest BCUT2D eigenvalue weighted by atomic mass is 10.1. The van der Waals surface area contributed by atoms with Crippen molar-refractivity contribution < 1.29 is 18.0 Å². The van der Waals surface area contributed by atoms with Crippen LogP contribution in [0.1, 0.15) is 10.4 Å². The molecule has 0 aliphatic carbocycles. The van der Waals surface area contributed by atoms with E-state index in [2.05, 4.69) is 10.4 Å². The van der Waals surface area contributed by atoms with Gasteiger partial charge in [0.25, 0.3) is 5.91 Å². The Bertz CT molecular complexity index is 672. The van der Waals surface area contributed by atoms with E-state index in [1.807, 2.05) is 0 Å². The van der Waals surface area contributed by atoms with Gasteiger partial charge >= 0.3 is 6.18 Å². The molecule has 3 N–H and O–H groups in total. The summed E-state index contributed by atoms with van der Waals surface area (Å²) in [4.78, 5) is 16.0. The number of nitrogens with one attached hydrogen (secondary N) is 1. The van der Waals surface area contributed by atoms with Crippen molar-refractivity contribution in [2.24, 2.45) is 0 Å². The van der Waals surface area contributed by atoms with Gasteiger partial charge in [0, 0.05) is 18.6 Å². The lowest BCUT2D eigenvalue weighted by Gasteiger charge is -2.20. The third-order valence-electron chi connectivity index (χ3n) is 2.77. The summed E-state index contributed by atoms with van der Waals surface area (Å²) in [6, 6.07) is 6.59. The second-order valence-corrected chi connectivity index (χ2v) is 4.51. The molecular formula is C13H13F3N4O. The van der Waals surface area contributed by atoms with Gasteiger partial charge in [-0.3, -0.25) is 15.2 Å². The number of fused-ring (bicyclic) bond motifs is 1. The van der Waals surface area contributed by atoms with E-state index in [-0.39, 0.29) is 11.3 Å². The van der Waals surface area contributed by atoms with Crippen LogP contribution in [0.2, 0.25) is 0 Å². The SMILES string of the molecule is CN(CC(F)(F)F)NC(=O)c1ccc2cccnc2c1N. The Morgan fingerprint density at radius 3 is 2.76 bits per heavy atom. The number of alkyl halides is 3. The number of anilines is 1. The highest BCUT2D eigenvalue weighted by molar-refractivity contribution is 6.06. The summed E-state index contributed by atoms with van der Waals surface area (Å²) in [6.07, 6.45) is -2.88. The van der Waals surface area contributed by atoms with Crippen molar-refractivity contribution in [3.05, 3.63) is 36.0 Å². The van der Waals surface area contributed by atoms with Crippen LogP contribution in [0.4, 0.5) is 18.9 Å². The molecule has 0 radical (unpaired) electrons. The van der Waals surface area contributed by atoms with Gasteiger partial charge in [-0.05, 0) is 12.1 Å². The number of rotatable bonds is 3. The van der Waals surface area contributed by atoms with Crippen LogP contribution in [0, 0.1) is 0 Å². The quantitative estimate of drug-likeness (QED) is 0.671. The van der Waals surface area contributed by atoms with Crippen LogP contribution in [0.15, 0.2) is 30.5 Å². The van der Waals surface area contributed by atoms with Crippen molar-refractivity contribution in [2.75, 3.05) is 19.3 Å². The Morgan fingerprint density at radius 2 is 2.10 bits per heavy atom. The number of carbonyl (C=O) groups is 1. The standard InChI is InChI=1S/C13H13F3N4O/c1-20(7-13(14,15)16)19-12(21)9-5-4-8-3-2-6-18-11(8)10(9)17/h2-6H,7,17H2,1H3,(H,19,21). The zero-order valence-corrected chi connectivity index (χ0v) is 11.1. The molecule has 1 aromatic heterocycles. The Labute approximate surface area is 118 Å².